The second kappa shape index (κ2) is 6.13. The Hall–Kier alpha value is -2.17. The summed E-state index contributed by atoms with van der Waals surface area (Å²) in [4.78, 5) is 16.0. The van der Waals surface area contributed by atoms with E-state index >= 15 is 0 Å². The van der Waals surface area contributed by atoms with E-state index < -0.39 is 0 Å². The fraction of sp³-hybridized carbons (Fsp3) is 0.357. The molecule has 0 saturated heterocycles. The number of carbonyl (C=O) groups excluding carboxylic acids is 1. The Bertz CT molecular complexity index is 562. The Morgan fingerprint density at radius 1 is 1.42 bits per heavy atom. The van der Waals surface area contributed by atoms with Crippen LogP contribution in [0.15, 0.2) is 24.3 Å². The highest BCUT2D eigenvalue weighted by Crippen LogP contribution is 2.04. The summed E-state index contributed by atoms with van der Waals surface area (Å²) in [5.74, 6) is 0.708. The van der Waals surface area contributed by atoms with Crippen LogP contribution in [0.3, 0.4) is 0 Å². The number of amides is 1. The van der Waals surface area contributed by atoms with E-state index in [2.05, 4.69) is 27.4 Å². The number of nitrogens with one attached hydrogen (secondary N) is 2. The maximum absolute atomic E-state index is 11.9. The van der Waals surface area contributed by atoms with Crippen LogP contribution in [0.4, 0.5) is 0 Å². The zero-order valence-electron chi connectivity index (χ0n) is 11.2. The van der Waals surface area contributed by atoms with Gasteiger partial charge in [-0.15, -0.1) is 5.10 Å². The molecular weight excluding hydrogens is 240 g/mol. The van der Waals surface area contributed by atoms with E-state index in [1.807, 2.05) is 31.2 Å². The number of rotatable bonds is 5. The van der Waals surface area contributed by atoms with E-state index in [-0.39, 0.29) is 11.7 Å². The third-order valence-electron chi connectivity index (χ3n) is 2.76. The third kappa shape index (κ3) is 3.64. The topological polar surface area (TPSA) is 70.7 Å². The van der Waals surface area contributed by atoms with Gasteiger partial charge in [0.2, 0.25) is 5.82 Å². The Kier molecular flexibility index (Phi) is 4.28. The Morgan fingerprint density at radius 3 is 3.00 bits per heavy atom. The first-order chi connectivity index (χ1) is 9.19. The molecule has 0 aliphatic rings. The van der Waals surface area contributed by atoms with Gasteiger partial charge >= 0.3 is 0 Å². The molecule has 0 radical (unpaired) electrons. The quantitative estimate of drug-likeness (QED) is 0.861. The van der Waals surface area contributed by atoms with Gasteiger partial charge in [-0.25, -0.2) is 4.98 Å². The number of carbonyl (C=O) groups is 1. The minimum atomic E-state index is -0.250. The number of benzene rings is 1. The second-order valence-corrected chi connectivity index (χ2v) is 4.53. The first kappa shape index (κ1) is 13.3. The molecule has 0 bridgehead atoms. The van der Waals surface area contributed by atoms with Crippen molar-refractivity contribution in [3.63, 3.8) is 0 Å². The number of H-pyrrole nitrogens is 1. The van der Waals surface area contributed by atoms with Crippen molar-refractivity contribution in [1.82, 2.24) is 20.5 Å². The Balaban J connectivity index is 1.93. The predicted octanol–water partition coefficient (Wildman–Crippen LogP) is 2.00. The van der Waals surface area contributed by atoms with Gasteiger partial charge in [0.05, 0.1) is 0 Å². The van der Waals surface area contributed by atoms with Crippen LogP contribution in [0.2, 0.25) is 0 Å². The monoisotopic (exact) mass is 258 g/mol. The molecule has 0 aliphatic heterocycles. The number of aryl methyl sites for hydroxylation is 2. The van der Waals surface area contributed by atoms with Crippen molar-refractivity contribution in [2.45, 2.75) is 33.2 Å². The van der Waals surface area contributed by atoms with Crippen LogP contribution in [0.1, 0.15) is 40.9 Å². The fourth-order valence-electron chi connectivity index (χ4n) is 1.83. The molecule has 0 spiro atoms. The predicted molar refractivity (Wildman–Crippen MR) is 72.7 cm³/mol. The summed E-state index contributed by atoms with van der Waals surface area (Å²) in [7, 11) is 0. The van der Waals surface area contributed by atoms with Gasteiger partial charge in [0.1, 0.15) is 5.82 Å². The van der Waals surface area contributed by atoms with Crippen molar-refractivity contribution in [1.29, 1.82) is 0 Å². The van der Waals surface area contributed by atoms with E-state index in [9.17, 15) is 4.79 Å². The molecule has 0 aliphatic carbocycles. The molecule has 5 heteroatoms. The lowest BCUT2D eigenvalue weighted by molar-refractivity contribution is 0.0941. The lowest BCUT2D eigenvalue weighted by Gasteiger charge is -2.03. The van der Waals surface area contributed by atoms with Crippen LogP contribution < -0.4 is 5.32 Å². The van der Waals surface area contributed by atoms with E-state index in [1.165, 1.54) is 5.56 Å². The van der Waals surface area contributed by atoms with Crippen molar-refractivity contribution in [3.05, 3.63) is 47.0 Å². The summed E-state index contributed by atoms with van der Waals surface area (Å²) >= 11 is 0. The van der Waals surface area contributed by atoms with Crippen LogP contribution in [0, 0.1) is 6.92 Å². The molecule has 1 aromatic carbocycles. The maximum atomic E-state index is 11.9. The molecule has 5 nitrogen and oxygen atoms in total. The minimum absolute atomic E-state index is 0.205. The molecule has 0 saturated carbocycles. The largest absolute Gasteiger partial charge is 0.345 e. The molecule has 0 atom stereocenters. The summed E-state index contributed by atoms with van der Waals surface area (Å²) in [6, 6.07) is 8.02. The summed E-state index contributed by atoms with van der Waals surface area (Å²) in [6.07, 6.45) is 1.78. The number of hydrogen-bond donors (Lipinski definition) is 2. The average Bonchev–Trinajstić information content (AvgIpc) is 2.85. The fourth-order valence-corrected chi connectivity index (χ4v) is 1.83. The summed E-state index contributed by atoms with van der Waals surface area (Å²) in [5, 5.41) is 9.50. The highest BCUT2D eigenvalue weighted by Gasteiger charge is 2.11. The number of aromatic nitrogens is 3. The van der Waals surface area contributed by atoms with E-state index in [0.29, 0.717) is 6.54 Å². The maximum Gasteiger partial charge on any atom is 0.291 e. The molecule has 2 N–H and O–H groups in total. The standard InChI is InChI=1S/C14H18N4O/c1-3-5-12-16-13(18-17-12)14(19)15-9-11-7-4-6-10(2)8-11/h4,6-8H,3,5,9H2,1-2H3,(H,15,19)(H,16,17,18). The van der Waals surface area contributed by atoms with Gasteiger partial charge in [-0.3, -0.25) is 9.89 Å². The van der Waals surface area contributed by atoms with Crippen molar-refractivity contribution in [2.24, 2.45) is 0 Å². The van der Waals surface area contributed by atoms with Crippen LogP contribution in [-0.4, -0.2) is 21.1 Å². The first-order valence-corrected chi connectivity index (χ1v) is 6.44. The Labute approximate surface area is 112 Å². The molecule has 1 aromatic heterocycles. The molecule has 19 heavy (non-hydrogen) atoms. The van der Waals surface area contributed by atoms with E-state index in [4.69, 9.17) is 0 Å². The zero-order valence-corrected chi connectivity index (χ0v) is 11.2. The molecule has 100 valence electrons. The summed E-state index contributed by atoms with van der Waals surface area (Å²) in [6.45, 7) is 4.57. The molecule has 2 aromatic rings. The SMILES string of the molecule is CCCc1nc(C(=O)NCc2cccc(C)c2)n[nH]1. The van der Waals surface area contributed by atoms with Crippen LogP contribution in [0.5, 0.6) is 0 Å². The molecule has 2 rings (SSSR count). The lowest BCUT2D eigenvalue weighted by Crippen LogP contribution is -2.24. The second-order valence-electron chi connectivity index (χ2n) is 4.53. The molecular formula is C14H18N4O. The lowest BCUT2D eigenvalue weighted by atomic mass is 10.1. The number of aromatic amines is 1. The van der Waals surface area contributed by atoms with Gasteiger partial charge in [0, 0.05) is 13.0 Å². The van der Waals surface area contributed by atoms with Crippen LogP contribution in [-0.2, 0) is 13.0 Å². The summed E-state index contributed by atoms with van der Waals surface area (Å²) < 4.78 is 0. The molecule has 0 fully saturated rings. The normalized spacial score (nSPS) is 10.4. The van der Waals surface area contributed by atoms with E-state index in [1.54, 1.807) is 0 Å². The van der Waals surface area contributed by atoms with Gasteiger partial charge in [-0.1, -0.05) is 36.8 Å². The number of nitrogens with zero attached hydrogens (tertiary/aromatic N) is 2. The number of hydrogen-bond acceptors (Lipinski definition) is 3. The van der Waals surface area contributed by atoms with Crippen molar-refractivity contribution in [2.75, 3.05) is 0 Å². The van der Waals surface area contributed by atoms with Gasteiger partial charge in [-0.2, -0.15) is 0 Å². The first-order valence-electron chi connectivity index (χ1n) is 6.44. The highest BCUT2D eigenvalue weighted by atomic mass is 16.2. The minimum Gasteiger partial charge on any atom is -0.345 e. The average molecular weight is 258 g/mol. The van der Waals surface area contributed by atoms with Crippen molar-refractivity contribution in [3.8, 4) is 0 Å². The van der Waals surface area contributed by atoms with E-state index in [0.717, 1.165) is 24.2 Å². The van der Waals surface area contributed by atoms with Crippen LogP contribution >= 0.6 is 0 Å². The molecule has 1 amide bonds. The van der Waals surface area contributed by atoms with Gasteiger partial charge in [0.25, 0.3) is 5.91 Å². The Morgan fingerprint density at radius 2 is 2.26 bits per heavy atom. The third-order valence-corrected chi connectivity index (χ3v) is 2.76. The molecule has 0 unspecified atom stereocenters. The van der Waals surface area contributed by atoms with Gasteiger partial charge in [-0.05, 0) is 18.9 Å². The van der Waals surface area contributed by atoms with Gasteiger partial charge < -0.3 is 5.32 Å². The van der Waals surface area contributed by atoms with Crippen LogP contribution in [0.25, 0.3) is 0 Å². The molecule has 1 heterocycles. The van der Waals surface area contributed by atoms with Crippen molar-refractivity contribution < 1.29 is 4.79 Å². The summed E-state index contributed by atoms with van der Waals surface area (Å²) in [5.41, 5.74) is 2.24. The van der Waals surface area contributed by atoms with Crippen molar-refractivity contribution >= 4 is 5.91 Å². The highest BCUT2D eigenvalue weighted by molar-refractivity contribution is 5.90. The smallest absolute Gasteiger partial charge is 0.291 e. The van der Waals surface area contributed by atoms with Gasteiger partial charge in [0.15, 0.2) is 0 Å². The zero-order chi connectivity index (χ0) is 13.7.